The molecule has 0 aromatic heterocycles. The maximum Gasteiger partial charge on any atom is 0.416 e. The molecule has 0 heterocycles. The number of carboxylic acids is 1. The fourth-order valence-corrected chi connectivity index (χ4v) is 1.76. The molecule has 1 aromatic rings. The first-order valence-electron chi connectivity index (χ1n) is 6.40. The van der Waals surface area contributed by atoms with Gasteiger partial charge in [0.15, 0.2) is 6.04 Å². The zero-order valence-electron chi connectivity index (χ0n) is 11.7. The number of alkyl halides is 4. The molecular formula is C14H15F4NO3. The highest BCUT2D eigenvalue weighted by Gasteiger charge is 2.30. The van der Waals surface area contributed by atoms with Gasteiger partial charge in [0.1, 0.15) is 6.67 Å². The molecule has 0 aliphatic heterocycles. The summed E-state index contributed by atoms with van der Waals surface area (Å²) >= 11 is 0. The van der Waals surface area contributed by atoms with E-state index in [0.717, 1.165) is 12.1 Å². The lowest BCUT2D eigenvalue weighted by Gasteiger charge is -2.16. The second-order valence-corrected chi connectivity index (χ2v) is 4.85. The van der Waals surface area contributed by atoms with E-state index in [4.69, 9.17) is 5.11 Å². The summed E-state index contributed by atoms with van der Waals surface area (Å²) in [5, 5.41) is 10.7. The van der Waals surface area contributed by atoms with Crippen LogP contribution < -0.4 is 5.32 Å². The van der Waals surface area contributed by atoms with Gasteiger partial charge < -0.3 is 10.4 Å². The highest BCUT2D eigenvalue weighted by atomic mass is 19.4. The maximum atomic E-state index is 12.4. The third-order valence-electron chi connectivity index (χ3n) is 3.04. The molecule has 0 bridgehead atoms. The molecule has 0 aliphatic rings. The zero-order valence-corrected chi connectivity index (χ0v) is 11.7. The zero-order chi connectivity index (χ0) is 16.9. The molecule has 2 atom stereocenters. The Morgan fingerprint density at radius 1 is 1.23 bits per heavy atom. The van der Waals surface area contributed by atoms with Gasteiger partial charge >= 0.3 is 12.1 Å². The van der Waals surface area contributed by atoms with Crippen LogP contribution in [-0.4, -0.2) is 29.7 Å². The van der Waals surface area contributed by atoms with Crippen molar-refractivity contribution in [3.8, 4) is 0 Å². The van der Waals surface area contributed by atoms with Gasteiger partial charge in [-0.1, -0.05) is 19.1 Å². The van der Waals surface area contributed by atoms with E-state index in [1.165, 1.54) is 19.1 Å². The topological polar surface area (TPSA) is 66.4 Å². The van der Waals surface area contributed by atoms with Crippen molar-refractivity contribution in [1.29, 1.82) is 0 Å². The molecule has 0 radical (unpaired) electrons. The third-order valence-corrected chi connectivity index (χ3v) is 3.04. The molecule has 0 saturated carbocycles. The first-order chi connectivity index (χ1) is 10.1. The van der Waals surface area contributed by atoms with Gasteiger partial charge in [0.25, 0.3) is 0 Å². The molecule has 0 fully saturated rings. The first-order valence-corrected chi connectivity index (χ1v) is 6.40. The van der Waals surface area contributed by atoms with Crippen LogP contribution >= 0.6 is 0 Å². The van der Waals surface area contributed by atoms with E-state index in [9.17, 15) is 27.2 Å². The van der Waals surface area contributed by atoms with Crippen molar-refractivity contribution in [3.05, 3.63) is 35.4 Å². The average Bonchev–Trinajstić information content (AvgIpc) is 2.43. The monoisotopic (exact) mass is 321 g/mol. The van der Waals surface area contributed by atoms with Gasteiger partial charge in [0.05, 0.1) is 5.56 Å². The van der Waals surface area contributed by atoms with Crippen molar-refractivity contribution in [1.82, 2.24) is 5.32 Å². The largest absolute Gasteiger partial charge is 0.480 e. The quantitative estimate of drug-likeness (QED) is 0.791. The standard InChI is InChI=1S/C14H15F4NO3/c1-8(12(20)19-11(7-15)13(21)22)6-9-2-4-10(5-3-9)14(16,17)18/h2-5,8,11H,6-7H2,1H3,(H,19,20)(H,21,22). The minimum atomic E-state index is -4.43. The van der Waals surface area contributed by atoms with Crippen LogP contribution in [0.4, 0.5) is 17.6 Å². The summed E-state index contributed by atoms with van der Waals surface area (Å²) in [6.45, 7) is 0.234. The molecule has 0 saturated heterocycles. The number of hydrogen-bond donors (Lipinski definition) is 2. The van der Waals surface area contributed by atoms with Crippen LogP contribution in [0, 0.1) is 5.92 Å². The van der Waals surface area contributed by atoms with Crippen molar-refractivity contribution in [2.75, 3.05) is 6.67 Å². The predicted molar refractivity (Wildman–Crippen MR) is 69.9 cm³/mol. The molecule has 4 nitrogen and oxygen atoms in total. The average molecular weight is 321 g/mol. The van der Waals surface area contributed by atoms with Gasteiger partial charge in [-0.25, -0.2) is 9.18 Å². The van der Waals surface area contributed by atoms with Crippen molar-refractivity contribution in [2.24, 2.45) is 5.92 Å². The van der Waals surface area contributed by atoms with Crippen LogP contribution in [0.3, 0.4) is 0 Å². The molecule has 8 heteroatoms. The van der Waals surface area contributed by atoms with Gasteiger partial charge in [0.2, 0.25) is 5.91 Å². The number of carbonyl (C=O) groups excluding carboxylic acids is 1. The van der Waals surface area contributed by atoms with E-state index in [2.05, 4.69) is 0 Å². The van der Waals surface area contributed by atoms with Gasteiger partial charge in [-0.2, -0.15) is 13.2 Å². The van der Waals surface area contributed by atoms with Crippen molar-refractivity contribution < 1.29 is 32.3 Å². The number of hydrogen-bond acceptors (Lipinski definition) is 2. The first kappa shape index (κ1) is 17.9. The SMILES string of the molecule is CC(Cc1ccc(C(F)(F)F)cc1)C(=O)NC(CF)C(=O)O. The number of amides is 1. The van der Waals surface area contributed by atoms with Crippen LogP contribution in [0.15, 0.2) is 24.3 Å². The Balaban J connectivity index is 2.66. The summed E-state index contributed by atoms with van der Waals surface area (Å²) in [4.78, 5) is 22.3. The Labute approximate surface area is 124 Å². The van der Waals surface area contributed by atoms with Crippen molar-refractivity contribution >= 4 is 11.9 Å². The third kappa shape index (κ3) is 5.01. The number of rotatable bonds is 6. The van der Waals surface area contributed by atoms with Gasteiger partial charge in [-0.3, -0.25) is 4.79 Å². The summed E-state index contributed by atoms with van der Waals surface area (Å²) in [6, 6.07) is 2.68. The van der Waals surface area contributed by atoms with Crippen molar-refractivity contribution in [3.63, 3.8) is 0 Å². The van der Waals surface area contributed by atoms with Gasteiger partial charge in [-0.05, 0) is 24.1 Å². The lowest BCUT2D eigenvalue weighted by molar-refractivity contribution is -0.142. The predicted octanol–water partition coefficient (Wildman–Crippen LogP) is 2.42. The lowest BCUT2D eigenvalue weighted by Crippen LogP contribution is -2.44. The van der Waals surface area contributed by atoms with Gasteiger partial charge in [0, 0.05) is 5.92 Å². The number of carboxylic acid groups (broad SMARTS) is 1. The van der Waals surface area contributed by atoms with Crippen LogP contribution in [0.25, 0.3) is 0 Å². The molecule has 1 aromatic carbocycles. The molecule has 22 heavy (non-hydrogen) atoms. The Morgan fingerprint density at radius 2 is 1.77 bits per heavy atom. The summed E-state index contributed by atoms with van der Waals surface area (Å²) < 4.78 is 49.7. The van der Waals surface area contributed by atoms with E-state index in [1.807, 2.05) is 5.32 Å². The molecular weight excluding hydrogens is 306 g/mol. The van der Waals surface area contributed by atoms with Gasteiger partial charge in [-0.15, -0.1) is 0 Å². The molecule has 122 valence electrons. The Bertz CT molecular complexity index is 528. The fourth-order valence-electron chi connectivity index (χ4n) is 1.76. The fraction of sp³-hybridized carbons (Fsp3) is 0.429. The molecule has 2 N–H and O–H groups in total. The molecule has 1 amide bonds. The Hall–Kier alpha value is -2.12. The second-order valence-electron chi connectivity index (χ2n) is 4.85. The minimum absolute atomic E-state index is 0.114. The molecule has 0 spiro atoms. The molecule has 2 unspecified atom stereocenters. The van der Waals surface area contributed by atoms with E-state index >= 15 is 0 Å². The number of nitrogens with one attached hydrogen (secondary N) is 1. The number of aliphatic carboxylic acids is 1. The normalized spacial score (nSPS) is 14.2. The highest BCUT2D eigenvalue weighted by molar-refractivity contribution is 5.85. The lowest BCUT2D eigenvalue weighted by atomic mass is 9.99. The van der Waals surface area contributed by atoms with E-state index in [-0.39, 0.29) is 6.42 Å². The second kappa shape index (κ2) is 7.24. The minimum Gasteiger partial charge on any atom is -0.480 e. The van der Waals surface area contributed by atoms with Crippen LogP contribution in [0.1, 0.15) is 18.1 Å². The summed E-state index contributed by atoms with van der Waals surface area (Å²) in [5.74, 6) is -2.87. The number of halogens is 4. The Kier molecular flexibility index (Phi) is 5.90. The summed E-state index contributed by atoms with van der Waals surface area (Å²) in [5.41, 5.74) is -0.306. The summed E-state index contributed by atoms with van der Waals surface area (Å²) in [6.07, 6.45) is -4.32. The van der Waals surface area contributed by atoms with Crippen molar-refractivity contribution in [2.45, 2.75) is 25.6 Å². The maximum absolute atomic E-state index is 12.4. The Morgan fingerprint density at radius 3 is 2.18 bits per heavy atom. The number of carbonyl (C=O) groups is 2. The van der Waals surface area contributed by atoms with E-state index < -0.39 is 42.3 Å². The van der Waals surface area contributed by atoms with E-state index in [0.29, 0.717) is 5.56 Å². The number of benzene rings is 1. The van der Waals surface area contributed by atoms with Crippen LogP contribution in [0.2, 0.25) is 0 Å². The van der Waals surface area contributed by atoms with Crippen LogP contribution in [0.5, 0.6) is 0 Å². The van der Waals surface area contributed by atoms with Crippen LogP contribution in [-0.2, 0) is 22.2 Å². The molecule has 1 rings (SSSR count). The van der Waals surface area contributed by atoms with E-state index in [1.54, 1.807) is 0 Å². The smallest absolute Gasteiger partial charge is 0.416 e. The summed E-state index contributed by atoms with van der Waals surface area (Å²) in [7, 11) is 0. The molecule has 0 aliphatic carbocycles. The highest BCUT2D eigenvalue weighted by Crippen LogP contribution is 2.29.